The minimum atomic E-state index is 0.464. The highest BCUT2D eigenvalue weighted by Gasteiger charge is 2.29. The van der Waals surface area contributed by atoms with Crippen LogP contribution < -0.4 is 10.6 Å². The Kier molecular flexibility index (Phi) is 4.25. The molecule has 1 aromatic rings. The maximum atomic E-state index is 5.88. The van der Waals surface area contributed by atoms with Gasteiger partial charge < -0.3 is 10.6 Å². The maximum Gasteiger partial charge on any atom is 0.0402 e. The van der Waals surface area contributed by atoms with E-state index in [9.17, 15) is 0 Å². The molecule has 1 fully saturated rings. The normalized spacial score (nSPS) is 25.4. The van der Waals surface area contributed by atoms with E-state index in [1.807, 2.05) is 0 Å². The monoisotopic (exact) mass is 247 g/mol. The predicted molar refractivity (Wildman–Crippen MR) is 78.1 cm³/mol. The zero-order chi connectivity index (χ0) is 13.1. The summed E-state index contributed by atoms with van der Waals surface area (Å²) in [6.07, 6.45) is 1.09. The van der Waals surface area contributed by atoms with Crippen molar-refractivity contribution in [2.45, 2.75) is 32.4 Å². The van der Waals surface area contributed by atoms with Crippen LogP contribution in [0.3, 0.4) is 0 Å². The van der Waals surface area contributed by atoms with Crippen molar-refractivity contribution in [2.24, 2.45) is 5.73 Å². The van der Waals surface area contributed by atoms with Gasteiger partial charge in [-0.1, -0.05) is 25.1 Å². The van der Waals surface area contributed by atoms with Crippen LogP contribution in [0.1, 0.15) is 19.4 Å². The van der Waals surface area contributed by atoms with Crippen LogP contribution in [0.15, 0.2) is 24.3 Å². The number of hydrogen-bond donors (Lipinski definition) is 1. The summed E-state index contributed by atoms with van der Waals surface area (Å²) in [4.78, 5) is 4.91. The third-order valence-electron chi connectivity index (χ3n) is 4.07. The SMILES string of the molecule is CCc1ccccc1N1CC(CN)N(C)CC1C. The van der Waals surface area contributed by atoms with E-state index in [1.54, 1.807) is 0 Å². The fourth-order valence-electron chi connectivity index (χ4n) is 2.89. The van der Waals surface area contributed by atoms with E-state index in [0.717, 1.165) is 26.1 Å². The molecule has 2 unspecified atom stereocenters. The Morgan fingerprint density at radius 1 is 1.28 bits per heavy atom. The minimum absolute atomic E-state index is 0.464. The summed E-state index contributed by atoms with van der Waals surface area (Å²) in [5.74, 6) is 0. The van der Waals surface area contributed by atoms with Gasteiger partial charge in [0.05, 0.1) is 0 Å². The molecule has 1 saturated heterocycles. The molecule has 18 heavy (non-hydrogen) atoms. The molecule has 3 heteroatoms. The van der Waals surface area contributed by atoms with Gasteiger partial charge in [0.25, 0.3) is 0 Å². The highest BCUT2D eigenvalue weighted by Crippen LogP contribution is 2.26. The fraction of sp³-hybridized carbons (Fsp3) is 0.600. The first-order valence-corrected chi connectivity index (χ1v) is 6.92. The van der Waals surface area contributed by atoms with E-state index in [1.165, 1.54) is 11.3 Å². The molecule has 0 spiro atoms. The van der Waals surface area contributed by atoms with E-state index >= 15 is 0 Å². The molecule has 1 aliphatic heterocycles. The molecule has 0 radical (unpaired) electrons. The number of rotatable bonds is 3. The number of nitrogens with two attached hydrogens (primary N) is 1. The second-order valence-electron chi connectivity index (χ2n) is 5.31. The number of likely N-dealkylation sites (N-methyl/N-ethyl adjacent to an activating group) is 1. The average molecular weight is 247 g/mol. The van der Waals surface area contributed by atoms with Crippen LogP contribution >= 0.6 is 0 Å². The summed E-state index contributed by atoms with van der Waals surface area (Å²) >= 11 is 0. The van der Waals surface area contributed by atoms with Gasteiger partial charge in [-0.3, -0.25) is 4.90 Å². The predicted octanol–water partition coefficient (Wildman–Crippen LogP) is 1.72. The lowest BCUT2D eigenvalue weighted by atomic mass is 10.0. The number of benzene rings is 1. The Bertz CT molecular complexity index is 391. The van der Waals surface area contributed by atoms with Crippen molar-refractivity contribution >= 4 is 5.69 Å². The van der Waals surface area contributed by atoms with Gasteiger partial charge in [0.2, 0.25) is 0 Å². The molecule has 1 aromatic carbocycles. The van der Waals surface area contributed by atoms with Crippen LogP contribution in [-0.4, -0.2) is 43.7 Å². The van der Waals surface area contributed by atoms with Crippen LogP contribution in [0.4, 0.5) is 5.69 Å². The molecule has 1 aliphatic rings. The Morgan fingerprint density at radius 2 is 2.00 bits per heavy atom. The number of nitrogens with zero attached hydrogens (tertiary/aromatic N) is 2. The average Bonchev–Trinajstić information content (AvgIpc) is 2.39. The molecule has 2 rings (SSSR count). The molecular weight excluding hydrogens is 222 g/mol. The molecular formula is C15H25N3. The van der Waals surface area contributed by atoms with Crippen molar-refractivity contribution in [3.8, 4) is 0 Å². The maximum absolute atomic E-state index is 5.88. The summed E-state index contributed by atoms with van der Waals surface area (Å²) in [6, 6.07) is 9.75. The van der Waals surface area contributed by atoms with Gasteiger partial charge in [0.15, 0.2) is 0 Å². The summed E-state index contributed by atoms with van der Waals surface area (Å²) in [6.45, 7) is 7.37. The van der Waals surface area contributed by atoms with Crippen molar-refractivity contribution in [3.05, 3.63) is 29.8 Å². The van der Waals surface area contributed by atoms with Crippen LogP contribution in [0.25, 0.3) is 0 Å². The molecule has 0 amide bonds. The van der Waals surface area contributed by atoms with Crippen molar-refractivity contribution in [1.82, 2.24) is 4.90 Å². The molecule has 0 bridgehead atoms. The lowest BCUT2D eigenvalue weighted by Crippen LogP contribution is -2.58. The lowest BCUT2D eigenvalue weighted by Gasteiger charge is -2.45. The topological polar surface area (TPSA) is 32.5 Å². The first-order valence-electron chi connectivity index (χ1n) is 6.92. The first kappa shape index (κ1) is 13.4. The van der Waals surface area contributed by atoms with Crippen molar-refractivity contribution in [3.63, 3.8) is 0 Å². The second kappa shape index (κ2) is 5.72. The van der Waals surface area contributed by atoms with E-state index in [0.29, 0.717) is 12.1 Å². The standard InChI is InChI=1S/C15H25N3/c1-4-13-7-5-6-8-15(13)18-11-14(9-16)17(3)10-12(18)2/h5-8,12,14H,4,9-11,16H2,1-3H3. The number of para-hydroxylation sites is 1. The molecule has 1 heterocycles. The number of piperazine rings is 1. The summed E-state index contributed by atoms with van der Waals surface area (Å²) in [5.41, 5.74) is 8.70. The Labute approximate surface area is 111 Å². The van der Waals surface area contributed by atoms with Crippen LogP contribution in [0, 0.1) is 0 Å². The molecule has 0 saturated carbocycles. The third-order valence-corrected chi connectivity index (χ3v) is 4.07. The zero-order valence-electron chi connectivity index (χ0n) is 11.8. The largest absolute Gasteiger partial charge is 0.366 e. The zero-order valence-corrected chi connectivity index (χ0v) is 11.8. The molecule has 0 aromatic heterocycles. The molecule has 0 aliphatic carbocycles. The van der Waals surface area contributed by atoms with E-state index in [2.05, 4.69) is 55.0 Å². The molecule has 100 valence electrons. The molecule has 3 nitrogen and oxygen atoms in total. The Balaban J connectivity index is 2.26. The van der Waals surface area contributed by atoms with Crippen LogP contribution in [0.5, 0.6) is 0 Å². The highest BCUT2D eigenvalue weighted by molar-refractivity contribution is 5.55. The van der Waals surface area contributed by atoms with Crippen LogP contribution in [0.2, 0.25) is 0 Å². The van der Waals surface area contributed by atoms with Gasteiger partial charge in [-0.05, 0) is 32.0 Å². The second-order valence-corrected chi connectivity index (χ2v) is 5.31. The van der Waals surface area contributed by atoms with Gasteiger partial charge in [0.1, 0.15) is 0 Å². The highest BCUT2D eigenvalue weighted by atomic mass is 15.3. The van der Waals surface area contributed by atoms with Gasteiger partial charge in [0, 0.05) is 37.4 Å². The van der Waals surface area contributed by atoms with Crippen molar-refractivity contribution in [1.29, 1.82) is 0 Å². The Hall–Kier alpha value is -1.06. The van der Waals surface area contributed by atoms with Crippen LogP contribution in [-0.2, 0) is 6.42 Å². The summed E-state index contributed by atoms with van der Waals surface area (Å²) in [5, 5.41) is 0. The number of hydrogen-bond acceptors (Lipinski definition) is 3. The van der Waals surface area contributed by atoms with Gasteiger partial charge in [-0.2, -0.15) is 0 Å². The smallest absolute Gasteiger partial charge is 0.0402 e. The van der Waals surface area contributed by atoms with E-state index in [-0.39, 0.29) is 0 Å². The summed E-state index contributed by atoms with van der Waals surface area (Å²) in [7, 11) is 2.18. The van der Waals surface area contributed by atoms with E-state index < -0.39 is 0 Å². The number of aryl methyl sites for hydroxylation is 1. The van der Waals surface area contributed by atoms with Crippen molar-refractivity contribution < 1.29 is 0 Å². The van der Waals surface area contributed by atoms with Gasteiger partial charge >= 0.3 is 0 Å². The fourth-order valence-corrected chi connectivity index (χ4v) is 2.89. The van der Waals surface area contributed by atoms with Crippen molar-refractivity contribution in [2.75, 3.05) is 31.6 Å². The Morgan fingerprint density at radius 3 is 2.67 bits per heavy atom. The molecule has 2 atom stereocenters. The third kappa shape index (κ3) is 2.52. The minimum Gasteiger partial charge on any atom is -0.366 e. The quantitative estimate of drug-likeness (QED) is 0.882. The van der Waals surface area contributed by atoms with E-state index in [4.69, 9.17) is 5.73 Å². The first-order chi connectivity index (χ1) is 8.67. The number of anilines is 1. The van der Waals surface area contributed by atoms with Gasteiger partial charge in [-0.25, -0.2) is 0 Å². The van der Waals surface area contributed by atoms with Gasteiger partial charge in [-0.15, -0.1) is 0 Å². The summed E-state index contributed by atoms with van der Waals surface area (Å²) < 4.78 is 0. The lowest BCUT2D eigenvalue weighted by molar-refractivity contribution is 0.197. The molecule has 2 N–H and O–H groups in total.